The highest BCUT2D eigenvalue weighted by molar-refractivity contribution is 6.05. The van der Waals surface area contributed by atoms with Crippen molar-refractivity contribution in [1.82, 2.24) is 10.1 Å². The standard InChI is InChI=1S/C25H21N3O4/c1-16-4-6-19(7-5-16)24(29)28(3)21-12-14-22(15-13-21)31-25(30)20-10-8-18(9-11-20)23-26-17(2)27-32-23/h4-15H,1-3H3. The number of anilines is 1. The van der Waals surface area contributed by atoms with Crippen LogP contribution in [0.2, 0.25) is 0 Å². The van der Waals surface area contributed by atoms with E-state index in [-0.39, 0.29) is 5.91 Å². The van der Waals surface area contributed by atoms with Gasteiger partial charge in [0.15, 0.2) is 5.82 Å². The minimum Gasteiger partial charge on any atom is -0.423 e. The summed E-state index contributed by atoms with van der Waals surface area (Å²) >= 11 is 0. The molecule has 7 nitrogen and oxygen atoms in total. The first-order valence-electron chi connectivity index (χ1n) is 9.98. The molecule has 0 aliphatic carbocycles. The number of carbonyl (C=O) groups is 2. The lowest BCUT2D eigenvalue weighted by atomic mass is 10.1. The molecule has 0 saturated heterocycles. The van der Waals surface area contributed by atoms with Gasteiger partial charge in [0.05, 0.1) is 5.56 Å². The highest BCUT2D eigenvalue weighted by Gasteiger charge is 2.15. The Balaban J connectivity index is 1.41. The average Bonchev–Trinajstić information content (AvgIpc) is 3.25. The monoisotopic (exact) mass is 427 g/mol. The first kappa shape index (κ1) is 21.0. The summed E-state index contributed by atoms with van der Waals surface area (Å²) < 4.78 is 10.6. The van der Waals surface area contributed by atoms with Gasteiger partial charge >= 0.3 is 5.97 Å². The molecule has 0 saturated carbocycles. The fourth-order valence-electron chi connectivity index (χ4n) is 3.07. The quantitative estimate of drug-likeness (QED) is 0.334. The van der Waals surface area contributed by atoms with Gasteiger partial charge in [0.2, 0.25) is 0 Å². The maximum atomic E-state index is 12.7. The molecule has 0 bridgehead atoms. The fourth-order valence-corrected chi connectivity index (χ4v) is 3.07. The minimum absolute atomic E-state index is 0.119. The van der Waals surface area contributed by atoms with E-state index in [0.29, 0.717) is 39.8 Å². The van der Waals surface area contributed by atoms with Crippen LogP contribution in [0.3, 0.4) is 0 Å². The molecule has 4 rings (SSSR count). The van der Waals surface area contributed by atoms with Crippen molar-refractivity contribution < 1.29 is 18.8 Å². The normalized spacial score (nSPS) is 10.6. The van der Waals surface area contributed by atoms with Crippen molar-refractivity contribution in [2.75, 3.05) is 11.9 Å². The first-order chi connectivity index (χ1) is 15.4. The Morgan fingerprint density at radius 1 is 0.844 bits per heavy atom. The van der Waals surface area contributed by atoms with Crippen molar-refractivity contribution in [3.63, 3.8) is 0 Å². The van der Waals surface area contributed by atoms with Gasteiger partial charge in [-0.1, -0.05) is 22.9 Å². The Hall–Kier alpha value is -4.26. The van der Waals surface area contributed by atoms with E-state index < -0.39 is 5.97 Å². The molecule has 1 aromatic heterocycles. The van der Waals surface area contributed by atoms with E-state index in [9.17, 15) is 9.59 Å². The molecule has 0 N–H and O–H groups in total. The lowest BCUT2D eigenvalue weighted by molar-refractivity contribution is 0.0734. The number of benzene rings is 3. The summed E-state index contributed by atoms with van der Waals surface area (Å²) in [5.41, 5.74) is 3.49. The van der Waals surface area contributed by atoms with Gasteiger partial charge in [0.1, 0.15) is 5.75 Å². The number of rotatable bonds is 5. The zero-order valence-corrected chi connectivity index (χ0v) is 17.9. The highest BCUT2D eigenvalue weighted by atomic mass is 16.5. The van der Waals surface area contributed by atoms with Gasteiger partial charge in [0, 0.05) is 23.9 Å². The van der Waals surface area contributed by atoms with Gasteiger partial charge < -0.3 is 14.2 Å². The van der Waals surface area contributed by atoms with E-state index in [1.807, 2.05) is 19.1 Å². The van der Waals surface area contributed by atoms with Crippen LogP contribution >= 0.6 is 0 Å². The molecule has 1 amide bonds. The van der Waals surface area contributed by atoms with E-state index >= 15 is 0 Å². The van der Waals surface area contributed by atoms with Crippen molar-refractivity contribution >= 4 is 17.6 Å². The third-order valence-electron chi connectivity index (χ3n) is 4.93. The highest BCUT2D eigenvalue weighted by Crippen LogP contribution is 2.22. The Labute approximate surface area is 185 Å². The molecular weight excluding hydrogens is 406 g/mol. The smallest absolute Gasteiger partial charge is 0.343 e. The molecule has 1 heterocycles. The van der Waals surface area contributed by atoms with Crippen LogP contribution in [0.4, 0.5) is 5.69 Å². The zero-order chi connectivity index (χ0) is 22.7. The van der Waals surface area contributed by atoms with Gasteiger partial charge in [-0.2, -0.15) is 4.98 Å². The van der Waals surface area contributed by atoms with Gasteiger partial charge in [-0.15, -0.1) is 0 Å². The van der Waals surface area contributed by atoms with Crippen LogP contribution in [0.15, 0.2) is 77.3 Å². The molecule has 0 unspecified atom stereocenters. The zero-order valence-electron chi connectivity index (χ0n) is 17.9. The Bertz CT molecular complexity index is 1240. The maximum absolute atomic E-state index is 12.7. The van der Waals surface area contributed by atoms with E-state index in [1.54, 1.807) is 79.5 Å². The second-order valence-corrected chi connectivity index (χ2v) is 7.34. The molecule has 0 atom stereocenters. The Kier molecular flexibility index (Phi) is 5.81. The summed E-state index contributed by atoms with van der Waals surface area (Å²) in [5, 5.41) is 3.75. The average molecular weight is 427 g/mol. The fraction of sp³-hybridized carbons (Fsp3) is 0.120. The first-order valence-corrected chi connectivity index (χ1v) is 9.98. The number of amides is 1. The molecular formula is C25H21N3O4. The molecule has 7 heteroatoms. The number of esters is 1. The predicted molar refractivity (Wildman–Crippen MR) is 120 cm³/mol. The number of nitrogens with zero attached hydrogens (tertiary/aromatic N) is 3. The van der Waals surface area contributed by atoms with Crippen LogP contribution in [0.25, 0.3) is 11.5 Å². The Morgan fingerprint density at radius 2 is 1.47 bits per heavy atom. The van der Waals surface area contributed by atoms with Gasteiger partial charge in [-0.3, -0.25) is 4.79 Å². The second kappa shape index (κ2) is 8.85. The van der Waals surface area contributed by atoms with Crippen molar-refractivity contribution in [1.29, 1.82) is 0 Å². The molecule has 0 aliphatic heterocycles. The van der Waals surface area contributed by atoms with Crippen LogP contribution in [-0.4, -0.2) is 29.1 Å². The molecule has 160 valence electrons. The molecule has 0 radical (unpaired) electrons. The number of ether oxygens (including phenoxy) is 1. The van der Waals surface area contributed by atoms with Crippen molar-refractivity contribution in [3.05, 3.63) is 95.3 Å². The van der Waals surface area contributed by atoms with Crippen molar-refractivity contribution in [2.24, 2.45) is 0 Å². The summed E-state index contributed by atoms with van der Waals surface area (Å²) in [6, 6.07) is 20.9. The lowest BCUT2D eigenvalue weighted by Crippen LogP contribution is -2.26. The lowest BCUT2D eigenvalue weighted by Gasteiger charge is -2.18. The Morgan fingerprint density at radius 3 is 2.06 bits per heavy atom. The van der Waals surface area contributed by atoms with Crippen LogP contribution in [0.1, 0.15) is 32.1 Å². The van der Waals surface area contributed by atoms with E-state index in [4.69, 9.17) is 9.26 Å². The summed E-state index contributed by atoms with van der Waals surface area (Å²) in [6.45, 7) is 3.71. The molecule has 32 heavy (non-hydrogen) atoms. The number of hydrogen-bond acceptors (Lipinski definition) is 6. The maximum Gasteiger partial charge on any atom is 0.343 e. The van der Waals surface area contributed by atoms with Gasteiger partial charge in [0.25, 0.3) is 11.8 Å². The minimum atomic E-state index is -0.491. The molecule has 4 aromatic rings. The number of hydrogen-bond donors (Lipinski definition) is 0. The van der Waals surface area contributed by atoms with Crippen molar-refractivity contribution in [3.8, 4) is 17.2 Å². The van der Waals surface area contributed by atoms with Gasteiger partial charge in [-0.25, -0.2) is 4.79 Å². The number of aromatic nitrogens is 2. The van der Waals surface area contributed by atoms with Crippen LogP contribution in [0, 0.1) is 13.8 Å². The van der Waals surface area contributed by atoms with Gasteiger partial charge in [-0.05, 0) is 74.5 Å². The van der Waals surface area contributed by atoms with E-state index in [2.05, 4.69) is 10.1 Å². The molecule has 0 spiro atoms. The second-order valence-electron chi connectivity index (χ2n) is 7.34. The summed E-state index contributed by atoms with van der Waals surface area (Å²) in [5.74, 6) is 0.702. The third kappa shape index (κ3) is 4.57. The third-order valence-corrected chi connectivity index (χ3v) is 4.93. The summed E-state index contributed by atoms with van der Waals surface area (Å²) in [6.07, 6.45) is 0. The van der Waals surface area contributed by atoms with Crippen LogP contribution in [0.5, 0.6) is 5.75 Å². The van der Waals surface area contributed by atoms with Crippen molar-refractivity contribution in [2.45, 2.75) is 13.8 Å². The van der Waals surface area contributed by atoms with Crippen LogP contribution in [-0.2, 0) is 0 Å². The predicted octanol–water partition coefficient (Wildman–Crippen LogP) is 4.85. The van der Waals surface area contributed by atoms with E-state index in [0.717, 1.165) is 5.56 Å². The topological polar surface area (TPSA) is 85.5 Å². The molecule has 0 aliphatic rings. The number of aryl methyl sites for hydroxylation is 2. The molecule has 3 aromatic carbocycles. The molecule has 0 fully saturated rings. The summed E-state index contributed by atoms with van der Waals surface area (Å²) in [7, 11) is 1.70. The number of carbonyl (C=O) groups excluding carboxylic acids is 2. The summed E-state index contributed by atoms with van der Waals surface area (Å²) in [4.78, 5) is 30.8. The SMILES string of the molecule is Cc1ccc(C(=O)N(C)c2ccc(OC(=O)c3ccc(-c4nc(C)no4)cc3)cc2)cc1. The van der Waals surface area contributed by atoms with E-state index in [1.165, 1.54) is 0 Å². The largest absolute Gasteiger partial charge is 0.423 e. The van der Waals surface area contributed by atoms with Crippen LogP contribution < -0.4 is 9.64 Å².